The zero-order valence-electron chi connectivity index (χ0n) is 13.9. The lowest BCUT2D eigenvalue weighted by molar-refractivity contribution is -0.141. The van der Waals surface area contributed by atoms with Crippen molar-refractivity contribution in [1.82, 2.24) is 5.32 Å². The number of carbonyl (C=O) groups excluding carboxylic acids is 1. The molecule has 4 nitrogen and oxygen atoms in total. The molecule has 0 spiro atoms. The van der Waals surface area contributed by atoms with Gasteiger partial charge in [0, 0.05) is 22.3 Å². The average molecular weight is 355 g/mol. The first-order valence-corrected chi connectivity index (χ1v) is 9.41. The molecule has 1 aliphatic rings. The van der Waals surface area contributed by atoms with Gasteiger partial charge in [-0.1, -0.05) is 30.3 Å². The molecule has 1 saturated carbocycles. The minimum absolute atomic E-state index is 0.0410. The molecule has 2 aromatic rings. The smallest absolute Gasteiger partial charge is 0.306 e. The summed E-state index contributed by atoms with van der Waals surface area (Å²) in [5.74, 6) is -0.334. The fourth-order valence-corrected chi connectivity index (χ4v) is 3.90. The van der Waals surface area contributed by atoms with Crippen molar-refractivity contribution in [2.24, 2.45) is 5.92 Å². The van der Waals surface area contributed by atoms with Crippen molar-refractivity contribution >= 4 is 23.6 Å². The van der Waals surface area contributed by atoms with Crippen LogP contribution in [0.2, 0.25) is 0 Å². The van der Waals surface area contributed by atoms with Gasteiger partial charge in [-0.05, 0) is 49.1 Å². The van der Waals surface area contributed by atoms with E-state index in [9.17, 15) is 9.59 Å². The first-order chi connectivity index (χ1) is 12.1. The molecule has 2 N–H and O–H groups in total. The molecule has 0 heterocycles. The van der Waals surface area contributed by atoms with E-state index in [1.165, 1.54) is 5.56 Å². The fraction of sp³-hybridized carbons (Fsp3) is 0.300. The summed E-state index contributed by atoms with van der Waals surface area (Å²) in [5.41, 5.74) is 1.88. The second-order valence-corrected chi connectivity index (χ2v) is 7.37. The summed E-state index contributed by atoms with van der Waals surface area (Å²) in [7, 11) is 0. The van der Waals surface area contributed by atoms with Crippen molar-refractivity contribution in [3.63, 3.8) is 0 Å². The zero-order chi connectivity index (χ0) is 17.6. The van der Waals surface area contributed by atoms with Crippen molar-refractivity contribution in [2.45, 2.75) is 36.0 Å². The Balaban J connectivity index is 1.51. The van der Waals surface area contributed by atoms with Crippen LogP contribution in [0, 0.1) is 5.92 Å². The third kappa shape index (κ3) is 4.86. The Kier molecular flexibility index (Phi) is 5.76. The van der Waals surface area contributed by atoms with Crippen LogP contribution in [0.3, 0.4) is 0 Å². The summed E-state index contributed by atoms with van der Waals surface area (Å²) in [6.45, 7) is 0. The van der Waals surface area contributed by atoms with E-state index < -0.39 is 5.97 Å². The molecule has 0 aliphatic heterocycles. The molecule has 0 bridgehead atoms. The molecule has 2 atom stereocenters. The molecule has 3 rings (SSSR count). The molecule has 1 fully saturated rings. The number of aliphatic carboxylic acids is 1. The fourth-order valence-electron chi connectivity index (χ4n) is 3.05. The third-order valence-corrected chi connectivity index (χ3v) is 5.57. The van der Waals surface area contributed by atoms with E-state index in [1.54, 1.807) is 11.8 Å². The van der Waals surface area contributed by atoms with Gasteiger partial charge in [-0.15, -0.1) is 11.8 Å². The Labute approximate surface area is 151 Å². The van der Waals surface area contributed by atoms with Crippen LogP contribution in [0.25, 0.3) is 0 Å². The van der Waals surface area contributed by atoms with Gasteiger partial charge in [0.1, 0.15) is 0 Å². The van der Waals surface area contributed by atoms with Gasteiger partial charge in [0.2, 0.25) is 0 Å². The Hall–Kier alpha value is -2.27. The molecule has 0 radical (unpaired) electrons. The van der Waals surface area contributed by atoms with E-state index in [4.69, 9.17) is 5.11 Å². The number of hydrogen-bond donors (Lipinski definition) is 2. The number of amides is 1. The van der Waals surface area contributed by atoms with Gasteiger partial charge in [-0.25, -0.2) is 0 Å². The first-order valence-electron chi connectivity index (χ1n) is 8.42. The number of carboxylic acid groups (broad SMARTS) is 1. The SMILES string of the molecule is O=C(N[C@H]1CC[C@@H](C(=O)O)C1)c1ccc(SCc2ccccc2)cc1. The van der Waals surface area contributed by atoms with Crippen molar-refractivity contribution in [3.05, 3.63) is 65.7 Å². The predicted molar refractivity (Wildman–Crippen MR) is 98.7 cm³/mol. The van der Waals surface area contributed by atoms with Gasteiger partial charge in [-0.3, -0.25) is 9.59 Å². The Bertz CT molecular complexity index is 730. The van der Waals surface area contributed by atoms with Crippen molar-refractivity contribution in [2.75, 3.05) is 0 Å². The van der Waals surface area contributed by atoms with Crippen molar-refractivity contribution in [1.29, 1.82) is 0 Å². The molecule has 0 unspecified atom stereocenters. The minimum Gasteiger partial charge on any atom is -0.481 e. The van der Waals surface area contributed by atoms with Crippen LogP contribution < -0.4 is 5.32 Å². The maximum atomic E-state index is 12.3. The minimum atomic E-state index is -0.767. The normalized spacial score (nSPS) is 19.5. The number of benzene rings is 2. The monoisotopic (exact) mass is 355 g/mol. The number of nitrogens with one attached hydrogen (secondary N) is 1. The van der Waals surface area contributed by atoms with Crippen LogP contribution in [-0.2, 0) is 10.5 Å². The Morgan fingerprint density at radius 1 is 1.04 bits per heavy atom. The van der Waals surface area contributed by atoms with Crippen molar-refractivity contribution < 1.29 is 14.7 Å². The average Bonchev–Trinajstić information content (AvgIpc) is 3.10. The van der Waals surface area contributed by atoms with Crippen LogP contribution in [0.5, 0.6) is 0 Å². The number of carboxylic acids is 1. The van der Waals surface area contributed by atoms with Crippen LogP contribution in [-0.4, -0.2) is 23.0 Å². The number of hydrogen-bond acceptors (Lipinski definition) is 3. The van der Waals surface area contributed by atoms with Crippen LogP contribution in [0.1, 0.15) is 35.2 Å². The Morgan fingerprint density at radius 2 is 1.76 bits per heavy atom. The number of carbonyl (C=O) groups is 2. The van der Waals surface area contributed by atoms with Gasteiger partial charge < -0.3 is 10.4 Å². The topological polar surface area (TPSA) is 66.4 Å². The maximum Gasteiger partial charge on any atom is 0.306 e. The van der Waals surface area contributed by atoms with Gasteiger partial charge in [0.05, 0.1) is 5.92 Å². The molecular weight excluding hydrogens is 334 g/mol. The first kappa shape index (κ1) is 17.5. The predicted octanol–water partition coefficient (Wildman–Crippen LogP) is 3.96. The summed E-state index contributed by atoms with van der Waals surface area (Å²) in [6, 6.07) is 17.8. The molecule has 1 amide bonds. The molecule has 0 aromatic heterocycles. The van der Waals surface area contributed by atoms with E-state index in [2.05, 4.69) is 17.4 Å². The second-order valence-electron chi connectivity index (χ2n) is 6.32. The van der Waals surface area contributed by atoms with Crippen molar-refractivity contribution in [3.8, 4) is 0 Å². The molecule has 130 valence electrons. The summed E-state index contributed by atoms with van der Waals surface area (Å²) in [4.78, 5) is 24.4. The number of rotatable bonds is 6. The highest BCUT2D eigenvalue weighted by atomic mass is 32.2. The van der Waals surface area contributed by atoms with Crippen LogP contribution in [0.15, 0.2) is 59.5 Å². The third-order valence-electron chi connectivity index (χ3n) is 4.48. The number of thioether (sulfide) groups is 1. The highest BCUT2D eigenvalue weighted by molar-refractivity contribution is 7.98. The quantitative estimate of drug-likeness (QED) is 0.770. The molecule has 2 aromatic carbocycles. The van der Waals surface area contributed by atoms with Gasteiger partial charge in [0.25, 0.3) is 5.91 Å². The van der Waals surface area contributed by atoms with E-state index >= 15 is 0 Å². The highest BCUT2D eigenvalue weighted by Crippen LogP contribution is 2.26. The molecular formula is C20H21NO3S. The molecule has 1 aliphatic carbocycles. The molecule has 5 heteroatoms. The summed E-state index contributed by atoms with van der Waals surface area (Å²) in [6.07, 6.45) is 1.88. The van der Waals surface area contributed by atoms with Crippen LogP contribution >= 0.6 is 11.8 Å². The van der Waals surface area contributed by atoms with E-state index in [1.807, 2.05) is 42.5 Å². The molecule has 25 heavy (non-hydrogen) atoms. The van der Waals surface area contributed by atoms with Gasteiger partial charge >= 0.3 is 5.97 Å². The highest BCUT2D eigenvalue weighted by Gasteiger charge is 2.30. The maximum absolute atomic E-state index is 12.3. The summed E-state index contributed by atoms with van der Waals surface area (Å²) < 4.78 is 0. The standard InChI is InChI=1S/C20H21NO3S/c22-19(21-17-9-6-16(12-17)20(23)24)15-7-10-18(11-8-15)25-13-14-4-2-1-3-5-14/h1-5,7-8,10-11,16-17H,6,9,12-13H2,(H,21,22)(H,23,24)/t16-,17+/m1/s1. The van der Waals surface area contributed by atoms with E-state index in [0.29, 0.717) is 18.4 Å². The lowest BCUT2D eigenvalue weighted by atomic mass is 10.1. The molecule has 0 saturated heterocycles. The zero-order valence-corrected chi connectivity index (χ0v) is 14.7. The van der Waals surface area contributed by atoms with Gasteiger partial charge in [-0.2, -0.15) is 0 Å². The van der Waals surface area contributed by atoms with Gasteiger partial charge in [0.15, 0.2) is 0 Å². The van der Waals surface area contributed by atoms with E-state index in [-0.39, 0.29) is 17.9 Å². The van der Waals surface area contributed by atoms with Crippen LogP contribution in [0.4, 0.5) is 0 Å². The summed E-state index contributed by atoms with van der Waals surface area (Å²) in [5, 5.41) is 12.0. The lowest BCUT2D eigenvalue weighted by Crippen LogP contribution is -2.33. The summed E-state index contributed by atoms with van der Waals surface area (Å²) >= 11 is 1.73. The lowest BCUT2D eigenvalue weighted by Gasteiger charge is -2.12. The Morgan fingerprint density at radius 3 is 2.40 bits per heavy atom. The van der Waals surface area contributed by atoms with E-state index in [0.717, 1.165) is 17.1 Å². The largest absolute Gasteiger partial charge is 0.481 e. The second kappa shape index (κ2) is 8.21.